The summed E-state index contributed by atoms with van der Waals surface area (Å²) in [6, 6.07) is 8.18. The highest BCUT2D eigenvalue weighted by atomic mass is 16.1. The fraction of sp³-hybridized carbons (Fsp3) is 0.522. The smallest absolute Gasteiger partial charge is 0.227 e. The van der Waals surface area contributed by atoms with E-state index in [1.165, 1.54) is 5.56 Å². The summed E-state index contributed by atoms with van der Waals surface area (Å²) in [7, 11) is 0. The number of benzene rings is 1. The quantitative estimate of drug-likeness (QED) is 0.852. The molecule has 6 heteroatoms. The molecule has 2 heterocycles. The van der Waals surface area contributed by atoms with Gasteiger partial charge in [-0.15, -0.1) is 0 Å². The molecule has 2 aliphatic rings. The minimum Gasteiger partial charge on any atom is -0.339 e. The Hall–Kier alpha value is -2.47. The molecule has 1 aliphatic heterocycles. The normalized spacial score (nSPS) is 19.2. The molecule has 1 saturated heterocycles. The molecule has 0 amide bonds. The number of carbonyl (C=O) groups is 1. The third-order valence-electron chi connectivity index (χ3n) is 5.95. The highest BCUT2D eigenvalue weighted by Crippen LogP contribution is 2.38. The number of rotatable bonds is 4. The van der Waals surface area contributed by atoms with E-state index in [1.54, 1.807) is 0 Å². The van der Waals surface area contributed by atoms with Crippen molar-refractivity contribution in [2.45, 2.75) is 40.5 Å². The largest absolute Gasteiger partial charge is 0.339 e. The van der Waals surface area contributed by atoms with Gasteiger partial charge in [0, 0.05) is 38.3 Å². The molecular formula is C23H31N5O. The fourth-order valence-electron chi connectivity index (χ4n) is 4.22. The summed E-state index contributed by atoms with van der Waals surface area (Å²) >= 11 is 0. The number of fused-ring (bicyclic) bond motifs is 1. The molecule has 0 unspecified atom stereocenters. The van der Waals surface area contributed by atoms with E-state index < -0.39 is 0 Å². The first kappa shape index (κ1) is 19.8. The van der Waals surface area contributed by atoms with Gasteiger partial charge in [-0.05, 0) is 37.4 Å². The number of hydrogen-bond donors (Lipinski definition) is 1. The van der Waals surface area contributed by atoms with Crippen molar-refractivity contribution in [3.63, 3.8) is 0 Å². The van der Waals surface area contributed by atoms with Gasteiger partial charge in [0.2, 0.25) is 5.95 Å². The number of anilines is 3. The van der Waals surface area contributed by atoms with Crippen LogP contribution in [0.3, 0.4) is 0 Å². The maximum absolute atomic E-state index is 13.0. The van der Waals surface area contributed by atoms with E-state index in [9.17, 15) is 4.79 Å². The van der Waals surface area contributed by atoms with Crippen LogP contribution < -0.4 is 10.2 Å². The van der Waals surface area contributed by atoms with Gasteiger partial charge >= 0.3 is 0 Å². The molecule has 1 aliphatic carbocycles. The Morgan fingerprint density at radius 3 is 2.38 bits per heavy atom. The van der Waals surface area contributed by atoms with Crippen molar-refractivity contribution in [2.24, 2.45) is 5.41 Å². The van der Waals surface area contributed by atoms with Crippen LogP contribution >= 0.6 is 0 Å². The Bertz CT molecular complexity index is 898. The monoisotopic (exact) mass is 393 g/mol. The second-order valence-corrected chi connectivity index (χ2v) is 9.05. The summed E-state index contributed by atoms with van der Waals surface area (Å²) in [6.07, 6.45) is 1.32. The van der Waals surface area contributed by atoms with Gasteiger partial charge < -0.3 is 15.1 Å². The van der Waals surface area contributed by atoms with Gasteiger partial charge in [0.15, 0.2) is 5.78 Å². The second kappa shape index (κ2) is 7.75. The number of aromatic nitrogens is 2. The standard InChI is InChI=1S/C23H31N5O/c1-5-27-10-12-28(13-11-27)22-25-18-14-23(3,4)15-19(29)20(18)21(26-22)24-17-8-6-16(2)7-9-17/h6-9H,5,10-15H2,1-4H3,(H,24,25,26). The lowest BCUT2D eigenvalue weighted by atomic mass is 9.75. The van der Waals surface area contributed by atoms with Crippen molar-refractivity contribution < 1.29 is 4.79 Å². The molecule has 1 aromatic heterocycles. The molecule has 0 spiro atoms. The maximum Gasteiger partial charge on any atom is 0.227 e. The van der Waals surface area contributed by atoms with E-state index in [4.69, 9.17) is 9.97 Å². The number of aryl methyl sites for hydroxylation is 1. The van der Waals surface area contributed by atoms with Gasteiger partial charge in [0.05, 0.1) is 11.3 Å². The Balaban J connectivity index is 1.72. The molecule has 4 rings (SSSR count). The third-order valence-corrected chi connectivity index (χ3v) is 5.95. The van der Waals surface area contributed by atoms with E-state index >= 15 is 0 Å². The number of hydrogen-bond acceptors (Lipinski definition) is 6. The van der Waals surface area contributed by atoms with Gasteiger partial charge in [0.25, 0.3) is 0 Å². The Labute approximate surface area is 173 Å². The van der Waals surface area contributed by atoms with E-state index in [2.05, 4.69) is 54.9 Å². The number of Topliss-reactive ketones (excluding diaryl/α,β-unsaturated/α-hetero) is 1. The fourth-order valence-corrected chi connectivity index (χ4v) is 4.22. The van der Waals surface area contributed by atoms with Crippen molar-refractivity contribution in [1.82, 2.24) is 14.9 Å². The number of nitrogens with one attached hydrogen (secondary N) is 1. The number of piperazine rings is 1. The summed E-state index contributed by atoms with van der Waals surface area (Å²) in [5.41, 5.74) is 3.62. The van der Waals surface area contributed by atoms with Crippen molar-refractivity contribution in [3.05, 3.63) is 41.1 Å². The van der Waals surface area contributed by atoms with Crippen LogP contribution in [0.15, 0.2) is 24.3 Å². The number of ketones is 1. The predicted molar refractivity (Wildman–Crippen MR) is 117 cm³/mol. The van der Waals surface area contributed by atoms with Gasteiger partial charge in [-0.25, -0.2) is 4.98 Å². The number of carbonyl (C=O) groups excluding carboxylic acids is 1. The third kappa shape index (κ3) is 4.27. The zero-order valence-electron chi connectivity index (χ0n) is 18.0. The minimum atomic E-state index is -0.0717. The Kier molecular flexibility index (Phi) is 5.30. The molecule has 0 radical (unpaired) electrons. The predicted octanol–water partition coefficient (Wildman–Crippen LogP) is 3.83. The van der Waals surface area contributed by atoms with E-state index in [-0.39, 0.29) is 11.2 Å². The molecule has 1 N–H and O–H groups in total. The van der Waals surface area contributed by atoms with E-state index in [1.807, 2.05) is 12.1 Å². The molecule has 0 atom stereocenters. The molecule has 29 heavy (non-hydrogen) atoms. The first-order chi connectivity index (χ1) is 13.8. The SMILES string of the molecule is CCN1CCN(c2nc3c(c(Nc4ccc(C)cc4)n2)C(=O)CC(C)(C)C3)CC1. The van der Waals surface area contributed by atoms with Gasteiger partial charge in [-0.2, -0.15) is 4.98 Å². The summed E-state index contributed by atoms with van der Waals surface area (Å²) in [6.45, 7) is 13.5. The van der Waals surface area contributed by atoms with Crippen LogP contribution in [-0.2, 0) is 6.42 Å². The molecule has 1 fully saturated rings. The van der Waals surface area contributed by atoms with Crippen LogP contribution in [0.2, 0.25) is 0 Å². The van der Waals surface area contributed by atoms with Gasteiger partial charge in [-0.3, -0.25) is 4.79 Å². The highest BCUT2D eigenvalue weighted by Gasteiger charge is 2.35. The van der Waals surface area contributed by atoms with Gasteiger partial charge in [0.1, 0.15) is 5.82 Å². The summed E-state index contributed by atoms with van der Waals surface area (Å²) < 4.78 is 0. The van der Waals surface area contributed by atoms with E-state index in [0.29, 0.717) is 17.8 Å². The first-order valence-corrected chi connectivity index (χ1v) is 10.6. The summed E-state index contributed by atoms with van der Waals surface area (Å²) in [5, 5.41) is 3.41. The molecular weight excluding hydrogens is 362 g/mol. The topological polar surface area (TPSA) is 61.4 Å². The average Bonchev–Trinajstić information content (AvgIpc) is 2.68. The second-order valence-electron chi connectivity index (χ2n) is 9.05. The minimum absolute atomic E-state index is 0.0717. The van der Waals surface area contributed by atoms with Crippen LogP contribution in [0.5, 0.6) is 0 Å². The Morgan fingerprint density at radius 2 is 1.72 bits per heavy atom. The average molecular weight is 394 g/mol. The van der Waals surface area contributed by atoms with Crippen molar-refractivity contribution in [3.8, 4) is 0 Å². The van der Waals surface area contributed by atoms with Crippen LogP contribution in [0, 0.1) is 12.3 Å². The lowest BCUT2D eigenvalue weighted by molar-refractivity contribution is 0.0911. The molecule has 2 aromatic rings. The van der Waals surface area contributed by atoms with Crippen molar-refractivity contribution >= 4 is 23.2 Å². The zero-order chi connectivity index (χ0) is 20.6. The summed E-state index contributed by atoms with van der Waals surface area (Å²) in [4.78, 5) is 27.4. The summed E-state index contributed by atoms with van der Waals surface area (Å²) in [5.74, 6) is 1.51. The lowest BCUT2D eigenvalue weighted by Gasteiger charge is -2.35. The molecule has 1 aromatic carbocycles. The van der Waals surface area contributed by atoms with Gasteiger partial charge in [-0.1, -0.05) is 38.5 Å². The molecule has 6 nitrogen and oxygen atoms in total. The number of likely N-dealkylation sites (N-methyl/N-ethyl adjacent to an activating group) is 1. The number of nitrogens with zero attached hydrogens (tertiary/aromatic N) is 4. The van der Waals surface area contributed by atoms with E-state index in [0.717, 1.165) is 56.5 Å². The van der Waals surface area contributed by atoms with Crippen LogP contribution in [0.1, 0.15) is 48.8 Å². The van der Waals surface area contributed by atoms with Crippen molar-refractivity contribution in [2.75, 3.05) is 42.9 Å². The molecule has 154 valence electrons. The van der Waals surface area contributed by atoms with Crippen LogP contribution in [0.4, 0.5) is 17.5 Å². The van der Waals surface area contributed by atoms with Crippen LogP contribution in [-0.4, -0.2) is 53.4 Å². The maximum atomic E-state index is 13.0. The highest BCUT2D eigenvalue weighted by molar-refractivity contribution is 6.03. The van der Waals surface area contributed by atoms with Crippen molar-refractivity contribution in [1.29, 1.82) is 0 Å². The first-order valence-electron chi connectivity index (χ1n) is 10.6. The molecule has 0 saturated carbocycles. The zero-order valence-corrected chi connectivity index (χ0v) is 18.0. The lowest BCUT2D eigenvalue weighted by Crippen LogP contribution is -2.47. The molecule has 0 bridgehead atoms. The Morgan fingerprint density at radius 1 is 1.03 bits per heavy atom. The van der Waals surface area contributed by atoms with Crippen LogP contribution in [0.25, 0.3) is 0 Å².